The van der Waals surface area contributed by atoms with Crippen molar-refractivity contribution in [3.63, 3.8) is 0 Å². The van der Waals surface area contributed by atoms with E-state index < -0.39 is 0 Å². The molecule has 0 fully saturated rings. The Kier molecular flexibility index (Phi) is 7.53. The summed E-state index contributed by atoms with van der Waals surface area (Å²) in [6.07, 6.45) is 0. The topological polar surface area (TPSA) is 16.4 Å². The molecule has 11 rings (SSSR count). The number of benzene rings is 10. The van der Waals surface area contributed by atoms with Crippen LogP contribution in [0, 0.1) is 0 Å². The molecule has 0 amide bonds. The van der Waals surface area contributed by atoms with Crippen LogP contribution in [-0.2, 0) is 0 Å². The van der Waals surface area contributed by atoms with Gasteiger partial charge in [0.15, 0.2) is 0 Å². The smallest absolute Gasteiger partial charge is 0.137 e. The predicted octanol–water partition coefficient (Wildman–Crippen LogP) is 15.5. The van der Waals surface area contributed by atoms with Gasteiger partial charge in [0, 0.05) is 16.6 Å². The molecule has 0 saturated carbocycles. The minimum atomic E-state index is 0.867. The molecule has 1 aromatic heterocycles. The highest BCUT2D eigenvalue weighted by Gasteiger charge is 2.22. The molecule has 2 nitrogen and oxygen atoms in total. The van der Waals surface area contributed by atoms with E-state index in [1.165, 1.54) is 54.6 Å². The summed E-state index contributed by atoms with van der Waals surface area (Å²) < 4.78 is 6.42. The van der Waals surface area contributed by atoms with Crippen molar-refractivity contribution in [2.24, 2.45) is 0 Å². The highest BCUT2D eigenvalue weighted by molar-refractivity contribution is 6.14. The van der Waals surface area contributed by atoms with E-state index in [1.54, 1.807) is 0 Å². The molecule has 10 aromatic carbocycles. The number of fused-ring (bicyclic) bond motifs is 7. The van der Waals surface area contributed by atoms with Gasteiger partial charge in [-0.3, -0.25) is 0 Å². The molecule has 0 radical (unpaired) electrons. The normalized spacial score (nSPS) is 11.6. The third-order valence-corrected chi connectivity index (χ3v) is 11.3. The van der Waals surface area contributed by atoms with Crippen molar-refractivity contribution in [1.82, 2.24) is 0 Å². The van der Waals surface area contributed by atoms with E-state index in [-0.39, 0.29) is 0 Å². The van der Waals surface area contributed by atoms with Gasteiger partial charge < -0.3 is 9.32 Å². The highest BCUT2D eigenvalue weighted by Crippen LogP contribution is 2.46. The molecule has 0 bridgehead atoms. The quantitative estimate of drug-likeness (QED) is 0.160. The number of para-hydroxylation sites is 2. The van der Waals surface area contributed by atoms with Gasteiger partial charge in [-0.2, -0.15) is 0 Å². The summed E-state index contributed by atoms with van der Waals surface area (Å²) in [7, 11) is 0. The van der Waals surface area contributed by atoms with Crippen LogP contribution in [0.3, 0.4) is 0 Å². The minimum Gasteiger partial charge on any atom is -0.456 e. The Balaban J connectivity index is 1.04. The first-order valence-electron chi connectivity index (χ1n) is 19.2. The molecule has 56 heavy (non-hydrogen) atoms. The van der Waals surface area contributed by atoms with Gasteiger partial charge in [0.2, 0.25) is 0 Å². The lowest BCUT2D eigenvalue weighted by Gasteiger charge is -2.28. The van der Waals surface area contributed by atoms with Crippen LogP contribution in [0.5, 0.6) is 0 Å². The summed E-state index contributed by atoms with van der Waals surface area (Å²) in [6, 6.07) is 76.5. The van der Waals surface area contributed by atoms with E-state index >= 15 is 0 Å². The van der Waals surface area contributed by atoms with Crippen LogP contribution in [0.15, 0.2) is 217 Å². The Bertz CT molecular complexity index is 3240. The second-order valence-corrected chi connectivity index (χ2v) is 14.5. The van der Waals surface area contributed by atoms with Crippen LogP contribution in [0.2, 0.25) is 0 Å². The molecule has 1 heterocycles. The summed E-state index contributed by atoms with van der Waals surface area (Å²) in [6.45, 7) is 0. The third-order valence-electron chi connectivity index (χ3n) is 11.3. The zero-order chi connectivity index (χ0) is 37.0. The van der Waals surface area contributed by atoms with Crippen molar-refractivity contribution < 1.29 is 4.42 Å². The first-order chi connectivity index (χ1) is 27.8. The van der Waals surface area contributed by atoms with E-state index in [0.29, 0.717) is 0 Å². The number of anilines is 3. The first-order valence-corrected chi connectivity index (χ1v) is 19.2. The summed E-state index contributed by atoms with van der Waals surface area (Å²) in [5, 5.41) is 9.76. The Hall–Kier alpha value is -7.42. The van der Waals surface area contributed by atoms with Gasteiger partial charge in [-0.25, -0.2) is 0 Å². The Morgan fingerprint density at radius 2 is 0.839 bits per heavy atom. The Morgan fingerprint density at radius 1 is 0.304 bits per heavy atom. The van der Waals surface area contributed by atoms with Gasteiger partial charge in [-0.05, 0) is 103 Å². The van der Waals surface area contributed by atoms with E-state index in [1.807, 2.05) is 6.07 Å². The second-order valence-electron chi connectivity index (χ2n) is 14.5. The van der Waals surface area contributed by atoms with Gasteiger partial charge in [0.05, 0.1) is 16.8 Å². The fraction of sp³-hybridized carbons (Fsp3) is 0. The molecular formula is C54H35NO. The highest BCUT2D eigenvalue weighted by atomic mass is 16.3. The van der Waals surface area contributed by atoms with Crippen LogP contribution in [0.1, 0.15) is 0 Å². The lowest BCUT2D eigenvalue weighted by molar-refractivity contribution is 0.669. The summed E-state index contributed by atoms with van der Waals surface area (Å²) in [5.41, 5.74) is 12.1. The zero-order valence-corrected chi connectivity index (χ0v) is 30.6. The molecule has 2 heteroatoms. The van der Waals surface area contributed by atoms with E-state index in [9.17, 15) is 0 Å². The van der Waals surface area contributed by atoms with Gasteiger partial charge in [0.1, 0.15) is 11.2 Å². The molecule has 0 saturated heterocycles. The fourth-order valence-corrected chi connectivity index (χ4v) is 8.57. The van der Waals surface area contributed by atoms with Crippen molar-refractivity contribution in [2.45, 2.75) is 0 Å². The van der Waals surface area contributed by atoms with Crippen molar-refractivity contribution in [1.29, 1.82) is 0 Å². The number of hydrogen-bond acceptors (Lipinski definition) is 2. The maximum atomic E-state index is 6.42. The molecule has 0 spiro atoms. The molecule has 262 valence electrons. The average Bonchev–Trinajstić information content (AvgIpc) is 3.66. The molecule has 0 aliphatic heterocycles. The molecular weight excluding hydrogens is 679 g/mol. The number of hydrogen-bond donors (Lipinski definition) is 0. The SMILES string of the molecule is c1ccc(N(c2ccc(-c3cccc4ccccc34)cc2)c2cccc3oc4ccccc4c23)c(-c2ccc(-c3ccc4c(ccc5ccccc54)c3)cc2)c1. The van der Waals surface area contributed by atoms with Crippen LogP contribution in [-0.4, -0.2) is 0 Å². The number of rotatable bonds is 6. The van der Waals surface area contributed by atoms with Crippen molar-refractivity contribution in [2.75, 3.05) is 4.90 Å². The van der Waals surface area contributed by atoms with Crippen LogP contribution in [0.4, 0.5) is 17.1 Å². The van der Waals surface area contributed by atoms with E-state index in [0.717, 1.165) is 50.1 Å². The standard InChI is InChI=1S/C54H35NO/c1-3-14-44-37(11-1)13-9-18-46(44)39-29-32-43(33-30-39)55(51-20-10-22-53-54(51)49-17-6-8-21-52(49)56-53)50-19-7-5-16-48(50)40-25-23-36(24-26-40)41-31-34-47-42(35-41)28-27-38-12-2-4-15-45(38)47/h1-35H. The summed E-state index contributed by atoms with van der Waals surface area (Å²) in [4.78, 5) is 2.40. The minimum absolute atomic E-state index is 0.867. The summed E-state index contributed by atoms with van der Waals surface area (Å²) in [5.74, 6) is 0. The fourth-order valence-electron chi connectivity index (χ4n) is 8.57. The largest absolute Gasteiger partial charge is 0.456 e. The Morgan fingerprint density at radius 3 is 1.70 bits per heavy atom. The zero-order valence-electron chi connectivity index (χ0n) is 30.6. The molecule has 0 atom stereocenters. The average molecular weight is 714 g/mol. The second kappa shape index (κ2) is 13.2. The van der Waals surface area contributed by atoms with Crippen LogP contribution in [0.25, 0.3) is 87.6 Å². The van der Waals surface area contributed by atoms with Crippen molar-refractivity contribution in [3.05, 3.63) is 212 Å². The maximum Gasteiger partial charge on any atom is 0.137 e. The van der Waals surface area contributed by atoms with Crippen molar-refractivity contribution >= 4 is 71.3 Å². The molecule has 0 unspecified atom stereocenters. The lowest BCUT2D eigenvalue weighted by atomic mass is 9.95. The Labute approximate surface area is 325 Å². The molecule has 11 aromatic rings. The number of nitrogens with zero attached hydrogens (tertiary/aromatic N) is 1. The molecule has 0 aliphatic carbocycles. The van der Waals surface area contributed by atoms with Crippen LogP contribution >= 0.6 is 0 Å². The van der Waals surface area contributed by atoms with Gasteiger partial charge in [0.25, 0.3) is 0 Å². The third kappa shape index (κ3) is 5.34. The summed E-state index contributed by atoms with van der Waals surface area (Å²) >= 11 is 0. The monoisotopic (exact) mass is 713 g/mol. The van der Waals surface area contributed by atoms with E-state index in [4.69, 9.17) is 4.42 Å². The van der Waals surface area contributed by atoms with Gasteiger partial charge in [-0.1, -0.05) is 170 Å². The molecule has 0 N–H and O–H groups in total. The first kappa shape index (κ1) is 32.0. The maximum absolute atomic E-state index is 6.42. The van der Waals surface area contributed by atoms with Crippen molar-refractivity contribution in [3.8, 4) is 33.4 Å². The lowest BCUT2D eigenvalue weighted by Crippen LogP contribution is -2.11. The predicted molar refractivity (Wildman–Crippen MR) is 237 cm³/mol. The van der Waals surface area contributed by atoms with Gasteiger partial charge >= 0.3 is 0 Å². The van der Waals surface area contributed by atoms with Crippen LogP contribution < -0.4 is 4.90 Å². The molecule has 0 aliphatic rings. The number of furan rings is 1. The van der Waals surface area contributed by atoms with Gasteiger partial charge in [-0.15, -0.1) is 0 Å². The van der Waals surface area contributed by atoms with E-state index in [2.05, 4.69) is 211 Å².